The number of carbonyl (C=O) groups is 3. The van der Waals surface area contributed by atoms with Crippen molar-refractivity contribution < 1.29 is 23.9 Å². The van der Waals surface area contributed by atoms with Crippen LogP contribution in [0.15, 0.2) is 30.3 Å². The molecule has 0 bridgehead atoms. The van der Waals surface area contributed by atoms with E-state index in [4.69, 9.17) is 9.47 Å². The third-order valence-corrected chi connectivity index (χ3v) is 7.36. The number of carbonyl (C=O) groups excluding carboxylic acids is 3. The monoisotopic (exact) mass is 417 g/mol. The van der Waals surface area contributed by atoms with E-state index in [1.54, 1.807) is 16.2 Å². The van der Waals surface area contributed by atoms with Crippen molar-refractivity contribution in [2.45, 2.75) is 12.8 Å². The number of benzene rings is 1. The normalized spacial score (nSPS) is 15.1. The highest BCUT2D eigenvalue weighted by atomic mass is 32.1. The summed E-state index contributed by atoms with van der Waals surface area (Å²) in [5, 5.41) is 1.14. The minimum Gasteiger partial charge on any atom is -0.469 e. The van der Waals surface area contributed by atoms with E-state index in [2.05, 4.69) is 6.07 Å². The molecule has 3 aromatic rings. The maximum Gasteiger partial charge on any atom is 0.348 e. The molecule has 1 fully saturated rings. The lowest BCUT2D eigenvalue weighted by atomic mass is 9.97. The first kappa shape index (κ1) is 18.9. The number of methoxy groups -OCH3 is 1. The van der Waals surface area contributed by atoms with Gasteiger partial charge in [0, 0.05) is 27.9 Å². The van der Waals surface area contributed by atoms with Crippen LogP contribution in [0.1, 0.15) is 22.5 Å². The van der Waals surface area contributed by atoms with Gasteiger partial charge >= 0.3 is 11.9 Å². The van der Waals surface area contributed by atoms with Crippen molar-refractivity contribution in [2.24, 2.45) is 5.92 Å². The number of thiophene rings is 2. The smallest absolute Gasteiger partial charge is 0.348 e. The van der Waals surface area contributed by atoms with E-state index in [-0.39, 0.29) is 24.4 Å². The van der Waals surface area contributed by atoms with Crippen LogP contribution in [0, 0.1) is 5.92 Å². The van der Waals surface area contributed by atoms with E-state index in [1.807, 2.05) is 24.3 Å². The third kappa shape index (κ3) is 3.62. The summed E-state index contributed by atoms with van der Waals surface area (Å²) in [6, 6.07) is 9.92. The summed E-state index contributed by atoms with van der Waals surface area (Å²) in [6.45, 7) is 0.655. The van der Waals surface area contributed by atoms with E-state index >= 15 is 0 Å². The van der Waals surface area contributed by atoms with E-state index < -0.39 is 5.97 Å². The summed E-state index contributed by atoms with van der Waals surface area (Å²) in [6.07, 6.45) is 1.14. The Morgan fingerprint density at radius 3 is 2.61 bits per heavy atom. The number of likely N-dealkylation sites (tertiary alicyclic amines) is 1. The van der Waals surface area contributed by atoms with Crippen LogP contribution in [0.3, 0.4) is 0 Å². The van der Waals surface area contributed by atoms with Crippen LogP contribution in [-0.2, 0) is 19.1 Å². The lowest BCUT2D eigenvalue weighted by molar-refractivity contribution is -0.149. The fourth-order valence-corrected chi connectivity index (χ4v) is 5.84. The lowest BCUT2D eigenvalue weighted by Crippen LogP contribution is -2.42. The molecule has 0 saturated carbocycles. The molecule has 1 amide bonds. The van der Waals surface area contributed by atoms with Crippen LogP contribution < -0.4 is 0 Å². The molecular weight excluding hydrogens is 398 g/mol. The Bertz CT molecular complexity index is 1050. The molecule has 1 aliphatic rings. The highest BCUT2D eigenvalue weighted by molar-refractivity contribution is 7.33. The van der Waals surface area contributed by atoms with Gasteiger partial charge in [-0.25, -0.2) is 4.79 Å². The zero-order chi connectivity index (χ0) is 19.7. The van der Waals surface area contributed by atoms with E-state index in [9.17, 15) is 14.4 Å². The molecule has 3 heterocycles. The summed E-state index contributed by atoms with van der Waals surface area (Å²) in [4.78, 5) is 38.4. The third-order valence-electron chi connectivity index (χ3n) is 4.96. The molecule has 8 heteroatoms. The van der Waals surface area contributed by atoms with E-state index in [0.29, 0.717) is 30.8 Å². The van der Waals surface area contributed by atoms with Gasteiger partial charge in [-0.2, -0.15) is 0 Å². The fraction of sp³-hybridized carbons (Fsp3) is 0.350. The molecule has 0 unspecified atom stereocenters. The molecule has 1 saturated heterocycles. The van der Waals surface area contributed by atoms with Gasteiger partial charge in [-0.05, 0) is 25.0 Å². The molecule has 4 rings (SSSR count). The molecule has 0 radical (unpaired) electrons. The Morgan fingerprint density at radius 1 is 1.11 bits per heavy atom. The number of nitrogens with zero attached hydrogens (tertiary/aromatic N) is 1. The van der Waals surface area contributed by atoms with Gasteiger partial charge in [0.05, 0.1) is 17.7 Å². The lowest BCUT2D eigenvalue weighted by Gasteiger charge is -2.30. The summed E-state index contributed by atoms with van der Waals surface area (Å²) >= 11 is 3.04. The van der Waals surface area contributed by atoms with Gasteiger partial charge in [0.15, 0.2) is 6.61 Å². The highest BCUT2D eigenvalue weighted by Crippen LogP contribution is 2.39. The second-order valence-electron chi connectivity index (χ2n) is 6.66. The number of esters is 2. The van der Waals surface area contributed by atoms with Gasteiger partial charge in [0.1, 0.15) is 4.88 Å². The Labute approximate surface area is 169 Å². The molecule has 0 N–H and O–H groups in total. The zero-order valence-electron chi connectivity index (χ0n) is 15.3. The molecular formula is C20H19NO5S2. The van der Waals surface area contributed by atoms with Gasteiger partial charge in [-0.15, -0.1) is 22.7 Å². The number of amides is 1. The van der Waals surface area contributed by atoms with Gasteiger partial charge in [-0.1, -0.05) is 18.2 Å². The van der Waals surface area contributed by atoms with Crippen molar-refractivity contribution in [1.29, 1.82) is 0 Å². The summed E-state index contributed by atoms with van der Waals surface area (Å²) in [5.74, 6) is -1.11. The number of rotatable bonds is 4. The second-order valence-corrected chi connectivity index (χ2v) is 8.79. The average molecular weight is 418 g/mol. The number of ether oxygens (including phenoxy) is 2. The molecule has 2 aromatic heterocycles. The molecule has 6 nitrogen and oxygen atoms in total. The highest BCUT2D eigenvalue weighted by Gasteiger charge is 2.28. The van der Waals surface area contributed by atoms with Gasteiger partial charge < -0.3 is 14.4 Å². The Balaban J connectivity index is 1.35. The largest absolute Gasteiger partial charge is 0.469 e. The van der Waals surface area contributed by atoms with Gasteiger partial charge in [0.25, 0.3) is 5.91 Å². The van der Waals surface area contributed by atoms with Crippen LogP contribution in [0.4, 0.5) is 0 Å². The Morgan fingerprint density at radius 2 is 1.86 bits per heavy atom. The van der Waals surface area contributed by atoms with Crippen molar-refractivity contribution in [2.75, 3.05) is 26.8 Å². The molecule has 1 aromatic carbocycles. The van der Waals surface area contributed by atoms with Gasteiger partial charge in [-0.3, -0.25) is 9.59 Å². The zero-order valence-corrected chi connectivity index (χ0v) is 16.9. The van der Waals surface area contributed by atoms with Crippen molar-refractivity contribution in [3.63, 3.8) is 0 Å². The Kier molecular flexibility index (Phi) is 5.32. The van der Waals surface area contributed by atoms with Crippen LogP contribution >= 0.6 is 22.7 Å². The quantitative estimate of drug-likeness (QED) is 0.606. The first-order valence-corrected chi connectivity index (χ1v) is 10.6. The standard InChI is InChI=1S/C20H19NO5S2/c1-25-19(23)12-6-8-21(9-7-12)17(22)11-26-20(24)16-10-15-18(28-16)13-4-2-3-5-14(13)27-15/h2-5,10,12H,6-9,11H2,1H3. The molecule has 0 spiro atoms. The van der Waals surface area contributed by atoms with Crippen LogP contribution in [0.5, 0.6) is 0 Å². The van der Waals surface area contributed by atoms with Crippen molar-refractivity contribution in [3.8, 4) is 0 Å². The number of hydrogen-bond acceptors (Lipinski definition) is 7. The maximum atomic E-state index is 12.4. The molecule has 1 aliphatic heterocycles. The van der Waals surface area contributed by atoms with Crippen LogP contribution in [-0.4, -0.2) is 49.6 Å². The van der Waals surface area contributed by atoms with E-state index in [0.717, 1.165) is 14.8 Å². The van der Waals surface area contributed by atoms with Crippen molar-refractivity contribution in [1.82, 2.24) is 4.90 Å². The molecule has 28 heavy (non-hydrogen) atoms. The predicted molar refractivity (Wildman–Crippen MR) is 109 cm³/mol. The summed E-state index contributed by atoms with van der Waals surface area (Å²) in [7, 11) is 1.37. The number of fused-ring (bicyclic) bond motifs is 3. The van der Waals surface area contributed by atoms with Crippen molar-refractivity contribution in [3.05, 3.63) is 35.2 Å². The molecule has 146 valence electrons. The second kappa shape index (κ2) is 7.89. The minimum atomic E-state index is -0.477. The SMILES string of the molecule is COC(=O)C1CCN(C(=O)COC(=O)c2cc3sc4ccccc4c3s2)CC1. The predicted octanol–water partition coefficient (Wildman–Crippen LogP) is 3.68. The van der Waals surface area contributed by atoms with Crippen molar-refractivity contribution >= 4 is 60.0 Å². The number of hydrogen-bond donors (Lipinski definition) is 0. The minimum absolute atomic E-state index is 0.162. The fourth-order valence-electron chi connectivity index (χ4n) is 3.42. The maximum absolute atomic E-state index is 12.4. The average Bonchev–Trinajstić information content (AvgIpc) is 3.29. The number of piperidine rings is 1. The van der Waals surface area contributed by atoms with Gasteiger partial charge in [0.2, 0.25) is 0 Å². The van der Waals surface area contributed by atoms with Crippen LogP contribution in [0.25, 0.3) is 19.5 Å². The first-order valence-electron chi connectivity index (χ1n) is 9.00. The topological polar surface area (TPSA) is 72.9 Å². The Hall–Kier alpha value is -2.45. The van der Waals surface area contributed by atoms with E-state index in [1.165, 1.54) is 23.1 Å². The summed E-state index contributed by atoms with van der Waals surface area (Å²) in [5.41, 5.74) is 0. The summed E-state index contributed by atoms with van der Waals surface area (Å²) < 4.78 is 13.3. The molecule has 0 atom stereocenters. The first-order chi connectivity index (χ1) is 13.6. The van der Waals surface area contributed by atoms with Crippen LogP contribution in [0.2, 0.25) is 0 Å². The molecule has 0 aliphatic carbocycles.